The maximum absolute atomic E-state index is 12.0. The zero-order valence-electron chi connectivity index (χ0n) is 15.4. The molecule has 0 spiro atoms. The van der Waals surface area contributed by atoms with E-state index in [2.05, 4.69) is 9.88 Å². The molecule has 0 unspecified atom stereocenters. The van der Waals surface area contributed by atoms with E-state index in [1.807, 2.05) is 31.2 Å². The molecule has 1 fully saturated rings. The number of methoxy groups -OCH3 is 1. The van der Waals surface area contributed by atoms with Crippen molar-refractivity contribution < 1.29 is 17.6 Å². The van der Waals surface area contributed by atoms with Crippen molar-refractivity contribution in [3.8, 4) is 17.2 Å². The molecule has 0 amide bonds. The van der Waals surface area contributed by atoms with E-state index in [4.69, 9.17) is 9.15 Å². The third-order valence-electron chi connectivity index (χ3n) is 4.69. The van der Waals surface area contributed by atoms with Crippen LogP contribution < -0.4 is 4.74 Å². The number of piperazine rings is 1. The number of aryl methyl sites for hydroxylation is 1. The van der Waals surface area contributed by atoms with Crippen LogP contribution in [0.1, 0.15) is 18.4 Å². The molecule has 2 heterocycles. The number of ether oxygens (including phenoxy) is 1. The maximum Gasteiger partial charge on any atom is 0.226 e. The lowest BCUT2D eigenvalue weighted by Gasteiger charge is -2.33. The highest BCUT2D eigenvalue weighted by molar-refractivity contribution is 7.89. The SMILES string of the molecule is CCS(=O)(=O)N1CCN(Cc2nc(-c3ccc(OC)cc3)oc2C)CC1. The number of aromatic nitrogens is 1. The van der Waals surface area contributed by atoms with Gasteiger partial charge in [0.1, 0.15) is 11.5 Å². The van der Waals surface area contributed by atoms with Crippen LogP contribution in [-0.2, 0) is 16.6 Å². The van der Waals surface area contributed by atoms with Crippen LogP contribution >= 0.6 is 0 Å². The summed E-state index contributed by atoms with van der Waals surface area (Å²) in [7, 11) is -1.47. The summed E-state index contributed by atoms with van der Waals surface area (Å²) in [6, 6.07) is 7.59. The Balaban J connectivity index is 1.65. The number of sulfonamides is 1. The van der Waals surface area contributed by atoms with Gasteiger partial charge >= 0.3 is 0 Å². The molecule has 0 atom stereocenters. The van der Waals surface area contributed by atoms with E-state index in [1.54, 1.807) is 18.3 Å². The highest BCUT2D eigenvalue weighted by Crippen LogP contribution is 2.25. The summed E-state index contributed by atoms with van der Waals surface area (Å²) >= 11 is 0. The molecule has 142 valence electrons. The average Bonchev–Trinajstić information content (AvgIpc) is 3.03. The van der Waals surface area contributed by atoms with Gasteiger partial charge in [0.2, 0.25) is 15.9 Å². The second kappa shape index (κ2) is 7.77. The molecule has 3 rings (SSSR count). The summed E-state index contributed by atoms with van der Waals surface area (Å²) in [5, 5.41) is 0. The van der Waals surface area contributed by atoms with Crippen molar-refractivity contribution in [3.05, 3.63) is 35.7 Å². The summed E-state index contributed by atoms with van der Waals surface area (Å²) in [4.78, 5) is 6.85. The summed E-state index contributed by atoms with van der Waals surface area (Å²) in [6.07, 6.45) is 0. The Morgan fingerprint density at radius 2 is 1.81 bits per heavy atom. The molecule has 1 aliphatic rings. The first-order valence-corrected chi connectivity index (χ1v) is 10.3. The highest BCUT2D eigenvalue weighted by atomic mass is 32.2. The number of benzene rings is 1. The van der Waals surface area contributed by atoms with Gasteiger partial charge < -0.3 is 9.15 Å². The Labute approximate surface area is 154 Å². The van der Waals surface area contributed by atoms with E-state index in [9.17, 15) is 8.42 Å². The van der Waals surface area contributed by atoms with Crippen molar-refractivity contribution >= 4 is 10.0 Å². The molecule has 1 saturated heterocycles. The van der Waals surface area contributed by atoms with E-state index in [-0.39, 0.29) is 5.75 Å². The van der Waals surface area contributed by atoms with E-state index in [0.717, 1.165) is 22.8 Å². The normalized spacial score (nSPS) is 16.7. The van der Waals surface area contributed by atoms with E-state index in [0.29, 0.717) is 38.6 Å². The molecule has 26 heavy (non-hydrogen) atoms. The van der Waals surface area contributed by atoms with Crippen LogP contribution in [-0.4, -0.2) is 61.6 Å². The van der Waals surface area contributed by atoms with Crippen LogP contribution in [0.4, 0.5) is 0 Å². The third-order valence-corrected chi connectivity index (χ3v) is 6.57. The van der Waals surface area contributed by atoms with Gasteiger partial charge in [-0.15, -0.1) is 0 Å². The Kier molecular flexibility index (Phi) is 5.64. The third kappa shape index (κ3) is 4.08. The lowest BCUT2D eigenvalue weighted by atomic mass is 10.2. The average molecular weight is 379 g/mol. The molecule has 0 bridgehead atoms. The van der Waals surface area contributed by atoms with Gasteiger partial charge in [-0.05, 0) is 38.1 Å². The minimum absolute atomic E-state index is 0.153. The van der Waals surface area contributed by atoms with Crippen LogP contribution in [0.2, 0.25) is 0 Å². The molecular weight excluding hydrogens is 354 g/mol. The number of nitrogens with zero attached hydrogens (tertiary/aromatic N) is 3. The number of oxazole rings is 1. The highest BCUT2D eigenvalue weighted by Gasteiger charge is 2.26. The largest absolute Gasteiger partial charge is 0.497 e. The monoisotopic (exact) mass is 379 g/mol. The van der Waals surface area contributed by atoms with Crippen LogP contribution in [0, 0.1) is 6.92 Å². The van der Waals surface area contributed by atoms with Crippen molar-refractivity contribution in [2.24, 2.45) is 0 Å². The molecule has 1 aromatic heterocycles. The topological polar surface area (TPSA) is 75.9 Å². The summed E-state index contributed by atoms with van der Waals surface area (Å²) in [5.41, 5.74) is 1.79. The van der Waals surface area contributed by atoms with Gasteiger partial charge in [-0.25, -0.2) is 13.4 Å². The number of hydrogen-bond acceptors (Lipinski definition) is 6. The molecular formula is C18H25N3O4S. The van der Waals surface area contributed by atoms with Gasteiger partial charge in [0.05, 0.1) is 18.6 Å². The first kappa shape index (κ1) is 18.9. The minimum Gasteiger partial charge on any atom is -0.497 e. The predicted molar refractivity (Wildman–Crippen MR) is 99.5 cm³/mol. The molecule has 8 heteroatoms. The Morgan fingerprint density at radius 3 is 2.38 bits per heavy atom. The van der Waals surface area contributed by atoms with Crippen molar-refractivity contribution in [2.45, 2.75) is 20.4 Å². The van der Waals surface area contributed by atoms with Gasteiger partial charge in [-0.2, -0.15) is 4.31 Å². The van der Waals surface area contributed by atoms with Crippen LogP contribution in [0.5, 0.6) is 5.75 Å². The molecule has 0 radical (unpaired) electrons. The van der Waals surface area contributed by atoms with Crippen LogP contribution in [0.25, 0.3) is 11.5 Å². The zero-order chi connectivity index (χ0) is 18.7. The van der Waals surface area contributed by atoms with Crippen LogP contribution in [0.3, 0.4) is 0 Å². The Hall–Kier alpha value is -1.90. The first-order valence-electron chi connectivity index (χ1n) is 8.74. The van der Waals surface area contributed by atoms with Gasteiger partial charge in [0.25, 0.3) is 0 Å². The maximum atomic E-state index is 12.0. The first-order chi connectivity index (χ1) is 12.4. The fourth-order valence-corrected chi connectivity index (χ4v) is 4.08. The summed E-state index contributed by atoms with van der Waals surface area (Å²) < 4.78 is 36.5. The summed E-state index contributed by atoms with van der Waals surface area (Å²) in [6.45, 7) is 6.70. The second-order valence-corrected chi connectivity index (χ2v) is 8.58. The number of rotatable bonds is 6. The molecule has 2 aromatic rings. The molecule has 0 saturated carbocycles. The van der Waals surface area contributed by atoms with Gasteiger partial charge in [-0.3, -0.25) is 4.90 Å². The van der Waals surface area contributed by atoms with Crippen molar-refractivity contribution in [1.29, 1.82) is 0 Å². The molecule has 1 aliphatic heterocycles. The lowest BCUT2D eigenvalue weighted by Crippen LogP contribution is -2.48. The molecule has 0 N–H and O–H groups in total. The fourth-order valence-electron chi connectivity index (χ4n) is 2.99. The predicted octanol–water partition coefficient (Wildman–Crippen LogP) is 2.13. The molecule has 7 nitrogen and oxygen atoms in total. The quantitative estimate of drug-likeness (QED) is 0.765. The fraction of sp³-hybridized carbons (Fsp3) is 0.500. The van der Waals surface area contributed by atoms with Crippen molar-refractivity contribution in [3.63, 3.8) is 0 Å². The van der Waals surface area contributed by atoms with E-state index >= 15 is 0 Å². The van der Waals surface area contributed by atoms with Gasteiger partial charge in [0.15, 0.2) is 0 Å². The lowest BCUT2D eigenvalue weighted by molar-refractivity contribution is 0.179. The second-order valence-electron chi connectivity index (χ2n) is 6.33. The van der Waals surface area contributed by atoms with E-state index in [1.165, 1.54) is 0 Å². The Bertz CT molecular complexity index is 838. The molecule has 1 aromatic carbocycles. The minimum atomic E-state index is -3.10. The van der Waals surface area contributed by atoms with Gasteiger partial charge in [-0.1, -0.05) is 0 Å². The van der Waals surface area contributed by atoms with Crippen molar-refractivity contribution in [1.82, 2.24) is 14.2 Å². The standard InChI is InChI=1S/C18H25N3O4S/c1-4-26(22,23)21-11-9-20(10-12-21)13-17-14(2)25-18(19-17)15-5-7-16(24-3)8-6-15/h5-8H,4,9-13H2,1-3H3. The smallest absolute Gasteiger partial charge is 0.226 e. The van der Waals surface area contributed by atoms with Crippen LogP contribution in [0.15, 0.2) is 28.7 Å². The summed E-state index contributed by atoms with van der Waals surface area (Å²) in [5.74, 6) is 2.32. The van der Waals surface area contributed by atoms with Crippen molar-refractivity contribution in [2.75, 3.05) is 39.0 Å². The van der Waals surface area contributed by atoms with E-state index < -0.39 is 10.0 Å². The van der Waals surface area contributed by atoms with Gasteiger partial charge in [0, 0.05) is 38.3 Å². The zero-order valence-corrected chi connectivity index (χ0v) is 16.3. The molecule has 0 aliphatic carbocycles. The number of hydrogen-bond donors (Lipinski definition) is 0. The Morgan fingerprint density at radius 1 is 1.15 bits per heavy atom.